The highest BCUT2D eigenvalue weighted by Crippen LogP contribution is 2.21. The number of benzene rings is 1. The summed E-state index contributed by atoms with van der Waals surface area (Å²) in [5.74, 6) is 0. The summed E-state index contributed by atoms with van der Waals surface area (Å²) in [7, 11) is 0. The SMILES string of the molecule is CC(C)(C)c1ccn(-c2cccc(Cl)c2)n1. The second-order valence-corrected chi connectivity index (χ2v) is 5.31. The fourth-order valence-electron chi connectivity index (χ4n) is 1.49. The van der Waals surface area contributed by atoms with Crippen LogP contribution in [-0.2, 0) is 5.41 Å². The maximum atomic E-state index is 5.95. The molecule has 1 heterocycles. The zero-order valence-corrected chi connectivity index (χ0v) is 10.5. The number of halogens is 1. The van der Waals surface area contributed by atoms with Crippen molar-refractivity contribution in [3.8, 4) is 5.69 Å². The first-order chi connectivity index (χ1) is 7.47. The number of hydrogen-bond acceptors (Lipinski definition) is 1. The Bertz CT molecular complexity index is 495. The van der Waals surface area contributed by atoms with Gasteiger partial charge in [0.2, 0.25) is 0 Å². The van der Waals surface area contributed by atoms with Gasteiger partial charge in [0.25, 0.3) is 0 Å². The third kappa shape index (κ3) is 2.27. The van der Waals surface area contributed by atoms with Crippen molar-refractivity contribution in [1.29, 1.82) is 0 Å². The molecule has 0 N–H and O–H groups in total. The van der Waals surface area contributed by atoms with Crippen molar-refractivity contribution in [1.82, 2.24) is 9.78 Å². The molecule has 0 saturated heterocycles. The molecular formula is C13H15ClN2. The van der Waals surface area contributed by atoms with Gasteiger partial charge in [-0.15, -0.1) is 0 Å². The summed E-state index contributed by atoms with van der Waals surface area (Å²) in [6, 6.07) is 9.72. The van der Waals surface area contributed by atoms with E-state index >= 15 is 0 Å². The van der Waals surface area contributed by atoms with Crippen LogP contribution < -0.4 is 0 Å². The number of hydrogen-bond donors (Lipinski definition) is 0. The number of rotatable bonds is 1. The van der Waals surface area contributed by atoms with E-state index in [0.717, 1.165) is 16.4 Å². The molecule has 0 fully saturated rings. The second-order valence-electron chi connectivity index (χ2n) is 4.88. The Morgan fingerprint density at radius 1 is 1.19 bits per heavy atom. The van der Waals surface area contributed by atoms with Crippen molar-refractivity contribution in [2.45, 2.75) is 26.2 Å². The van der Waals surface area contributed by atoms with Crippen LogP contribution in [0.2, 0.25) is 5.02 Å². The Labute approximate surface area is 101 Å². The fraction of sp³-hybridized carbons (Fsp3) is 0.308. The predicted molar refractivity (Wildman–Crippen MR) is 67.3 cm³/mol. The van der Waals surface area contributed by atoms with Crippen LogP contribution in [0.1, 0.15) is 26.5 Å². The molecule has 0 amide bonds. The maximum absolute atomic E-state index is 5.95. The largest absolute Gasteiger partial charge is 0.241 e. The highest BCUT2D eigenvalue weighted by atomic mass is 35.5. The Hall–Kier alpha value is -1.28. The average molecular weight is 235 g/mol. The van der Waals surface area contributed by atoms with E-state index in [1.165, 1.54) is 0 Å². The fourth-order valence-corrected chi connectivity index (χ4v) is 1.67. The van der Waals surface area contributed by atoms with E-state index < -0.39 is 0 Å². The minimum atomic E-state index is 0.0732. The lowest BCUT2D eigenvalue weighted by molar-refractivity contribution is 0.560. The highest BCUT2D eigenvalue weighted by Gasteiger charge is 2.16. The quantitative estimate of drug-likeness (QED) is 0.734. The molecule has 0 aliphatic carbocycles. The Morgan fingerprint density at radius 2 is 1.94 bits per heavy atom. The summed E-state index contributed by atoms with van der Waals surface area (Å²) < 4.78 is 1.85. The molecule has 0 aliphatic heterocycles. The molecule has 0 radical (unpaired) electrons. The topological polar surface area (TPSA) is 17.8 Å². The Balaban J connectivity index is 2.39. The zero-order chi connectivity index (χ0) is 11.8. The van der Waals surface area contributed by atoms with Gasteiger partial charge in [-0.3, -0.25) is 0 Å². The van der Waals surface area contributed by atoms with E-state index in [1.807, 2.05) is 41.2 Å². The first-order valence-corrected chi connectivity index (χ1v) is 5.67. The predicted octanol–water partition coefficient (Wildman–Crippen LogP) is 3.82. The summed E-state index contributed by atoms with van der Waals surface area (Å²) in [5.41, 5.74) is 2.14. The van der Waals surface area contributed by atoms with Crippen molar-refractivity contribution in [2.75, 3.05) is 0 Å². The van der Waals surface area contributed by atoms with Crippen LogP contribution in [0.15, 0.2) is 36.5 Å². The van der Waals surface area contributed by atoms with Gasteiger partial charge in [0.1, 0.15) is 0 Å². The molecule has 1 aromatic carbocycles. The van der Waals surface area contributed by atoms with Crippen LogP contribution in [0.4, 0.5) is 0 Å². The summed E-state index contributed by atoms with van der Waals surface area (Å²) in [6.45, 7) is 6.45. The van der Waals surface area contributed by atoms with Crippen LogP contribution >= 0.6 is 11.6 Å². The molecule has 0 atom stereocenters. The van der Waals surface area contributed by atoms with Gasteiger partial charge in [-0.1, -0.05) is 38.4 Å². The Kier molecular flexibility index (Phi) is 2.76. The van der Waals surface area contributed by atoms with Crippen molar-refractivity contribution >= 4 is 11.6 Å². The van der Waals surface area contributed by atoms with E-state index in [4.69, 9.17) is 11.6 Å². The van der Waals surface area contributed by atoms with Crippen molar-refractivity contribution in [3.05, 3.63) is 47.2 Å². The lowest BCUT2D eigenvalue weighted by Gasteiger charge is -2.14. The molecule has 0 bridgehead atoms. The Morgan fingerprint density at radius 3 is 2.50 bits per heavy atom. The van der Waals surface area contributed by atoms with E-state index in [9.17, 15) is 0 Å². The third-order valence-electron chi connectivity index (χ3n) is 2.43. The van der Waals surface area contributed by atoms with Crippen LogP contribution in [0.3, 0.4) is 0 Å². The van der Waals surface area contributed by atoms with Gasteiger partial charge in [-0.25, -0.2) is 4.68 Å². The first-order valence-electron chi connectivity index (χ1n) is 5.29. The van der Waals surface area contributed by atoms with Crippen molar-refractivity contribution < 1.29 is 0 Å². The van der Waals surface area contributed by atoms with Crippen molar-refractivity contribution in [2.24, 2.45) is 0 Å². The molecule has 16 heavy (non-hydrogen) atoms. The minimum Gasteiger partial charge on any atom is -0.241 e. The summed E-state index contributed by atoms with van der Waals surface area (Å²) in [4.78, 5) is 0. The minimum absolute atomic E-state index is 0.0732. The number of aromatic nitrogens is 2. The van der Waals surface area contributed by atoms with Gasteiger partial charge >= 0.3 is 0 Å². The first kappa shape index (κ1) is 11.2. The van der Waals surface area contributed by atoms with E-state index in [2.05, 4.69) is 25.9 Å². The molecule has 0 saturated carbocycles. The van der Waals surface area contributed by atoms with Gasteiger partial charge in [-0.05, 0) is 24.3 Å². The molecule has 0 spiro atoms. The second kappa shape index (κ2) is 3.95. The van der Waals surface area contributed by atoms with Crippen LogP contribution in [0, 0.1) is 0 Å². The number of nitrogens with zero attached hydrogens (tertiary/aromatic N) is 2. The third-order valence-corrected chi connectivity index (χ3v) is 2.67. The smallest absolute Gasteiger partial charge is 0.0682 e. The van der Waals surface area contributed by atoms with E-state index in [1.54, 1.807) is 0 Å². The van der Waals surface area contributed by atoms with Crippen LogP contribution in [0.25, 0.3) is 5.69 Å². The van der Waals surface area contributed by atoms with Crippen LogP contribution in [-0.4, -0.2) is 9.78 Å². The van der Waals surface area contributed by atoms with Crippen molar-refractivity contribution in [3.63, 3.8) is 0 Å². The lowest BCUT2D eigenvalue weighted by Crippen LogP contribution is -2.12. The van der Waals surface area contributed by atoms with Gasteiger partial charge < -0.3 is 0 Å². The molecule has 3 heteroatoms. The van der Waals surface area contributed by atoms with E-state index in [0.29, 0.717) is 0 Å². The molecule has 2 nitrogen and oxygen atoms in total. The summed E-state index contributed by atoms with van der Waals surface area (Å²) in [6.07, 6.45) is 1.96. The molecule has 1 aromatic heterocycles. The van der Waals surface area contributed by atoms with Gasteiger partial charge in [0.15, 0.2) is 0 Å². The highest BCUT2D eigenvalue weighted by molar-refractivity contribution is 6.30. The summed E-state index contributed by atoms with van der Waals surface area (Å²) in [5, 5.41) is 5.28. The molecule has 2 rings (SSSR count). The standard InChI is InChI=1S/C13H15ClN2/c1-13(2,3)12-7-8-16(15-12)11-6-4-5-10(14)9-11/h4-9H,1-3H3. The van der Waals surface area contributed by atoms with E-state index in [-0.39, 0.29) is 5.41 Å². The molecular weight excluding hydrogens is 220 g/mol. The normalized spacial score (nSPS) is 11.8. The zero-order valence-electron chi connectivity index (χ0n) is 9.74. The average Bonchev–Trinajstić information content (AvgIpc) is 2.65. The van der Waals surface area contributed by atoms with Gasteiger partial charge in [0, 0.05) is 16.6 Å². The summed E-state index contributed by atoms with van der Waals surface area (Å²) >= 11 is 5.95. The van der Waals surface area contributed by atoms with Gasteiger partial charge in [0.05, 0.1) is 11.4 Å². The molecule has 84 valence electrons. The molecule has 2 aromatic rings. The molecule has 0 unspecified atom stereocenters. The maximum Gasteiger partial charge on any atom is 0.0682 e. The lowest BCUT2D eigenvalue weighted by atomic mass is 9.93. The molecule has 0 aliphatic rings. The van der Waals surface area contributed by atoms with Crippen LogP contribution in [0.5, 0.6) is 0 Å². The van der Waals surface area contributed by atoms with Gasteiger partial charge in [-0.2, -0.15) is 5.10 Å². The monoisotopic (exact) mass is 234 g/mol.